The number of halogens is 2. The van der Waals surface area contributed by atoms with Gasteiger partial charge < -0.3 is 14.5 Å². The summed E-state index contributed by atoms with van der Waals surface area (Å²) in [5.41, 5.74) is 2.35. The molecule has 4 rings (SSSR count). The molecule has 0 unspecified atom stereocenters. The molecule has 5 nitrogen and oxygen atoms in total. The molecule has 1 atom stereocenters. The standard InChI is InChI=1S/C25H22ClFN2O3/c1-31-24-13-7-4-10-20(24)23-14-18(32-28-23)16-29(15-17-8-2-5-11-21(17)26)25(30)19-9-3-6-12-22(19)27/h2-13,18H,14-16H2,1H3/t18-/m0/s1. The Morgan fingerprint density at radius 2 is 1.84 bits per heavy atom. The molecule has 3 aromatic rings. The topological polar surface area (TPSA) is 51.1 Å². The molecule has 0 N–H and O–H groups in total. The van der Waals surface area contributed by atoms with Crippen molar-refractivity contribution in [3.8, 4) is 5.75 Å². The van der Waals surface area contributed by atoms with Crippen LogP contribution in [0.2, 0.25) is 5.02 Å². The highest BCUT2D eigenvalue weighted by Crippen LogP contribution is 2.26. The average molecular weight is 453 g/mol. The molecule has 7 heteroatoms. The first-order chi connectivity index (χ1) is 15.6. The molecule has 0 radical (unpaired) electrons. The van der Waals surface area contributed by atoms with Gasteiger partial charge in [-0.1, -0.05) is 59.2 Å². The van der Waals surface area contributed by atoms with Gasteiger partial charge in [-0.05, 0) is 35.9 Å². The average Bonchev–Trinajstić information content (AvgIpc) is 3.28. The van der Waals surface area contributed by atoms with Crippen molar-refractivity contribution in [1.82, 2.24) is 4.90 Å². The van der Waals surface area contributed by atoms with E-state index in [4.69, 9.17) is 21.2 Å². The van der Waals surface area contributed by atoms with Crippen molar-refractivity contribution in [2.75, 3.05) is 13.7 Å². The molecule has 1 aliphatic rings. The predicted molar refractivity (Wildman–Crippen MR) is 122 cm³/mol. The first-order valence-electron chi connectivity index (χ1n) is 10.2. The van der Waals surface area contributed by atoms with Crippen LogP contribution in [0.5, 0.6) is 5.75 Å². The molecule has 0 saturated heterocycles. The quantitative estimate of drug-likeness (QED) is 0.487. The van der Waals surface area contributed by atoms with Gasteiger partial charge in [0.1, 0.15) is 11.6 Å². The number of para-hydroxylation sites is 1. The largest absolute Gasteiger partial charge is 0.496 e. The van der Waals surface area contributed by atoms with E-state index in [0.717, 1.165) is 16.8 Å². The zero-order valence-corrected chi connectivity index (χ0v) is 18.3. The summed E-state index contributed by atoms with van der Waals surface area (Å²) in [5, 5.41) is 4.76. The van der Waals surface area contributed by atoms with Crippen LogP contribution in [0.15, 0.2) is 78.0 Å². The summed E-state index contributed by atoms with van der Waals surface area (Å²) in [4.78, 5) is 20.4. The Hall–Kier alpha value is -3.38. The second kappa shape index (κ2) is 9.83. The van der Waals surface area contributed by atoms with E-state index in [2.05, 4.69) is 5.16 Å². The Morgan fingerprint density at radius 3 is 2.62 bits per heavy atom. The molecular formula is C25H22ClFN2O3. The van der Waals surface area contributed by atoms with Crippen LogP contribution in [0.4, 0.5) is 4.39 Å². The lowest BCUT2D eigenvalue weighted by Crippen LogP contribution is -2.37. The molecule has 0 fully saturated rings. The molecular weight excluding hydrogens is 431 g/mol. The summed E-state index contributed by atoms with van der Waals surface area (Å²) in [6.45, 7) is 0.442. The third-order valence-corrected chi connectivity index (χ3v) is 5.65. The lowest BCUT2D eigenvalue weighted by molar-refractivity contribution is 0.0402. The van der Waals surface area contributed by atoms with E-state index < -0.39 is 11.7 Å². The molecule has 1 aliphatic heterocycles. The van der Waals surface area contributed by atoms with Gasteiger partial charge in [-0.3, -0.25) is 4.79 Å². The smallest absolute Gasteiger partial charge is 0.257 e. The lowest BCUT2D eigenvalue weighted by Gasteiger charge is -2.25. The van der Waals surface area contributed by atoms with Crippen molar-refractivity contribution in [3.05, 3.63) is 100 Å². The SMILES string of the molecule is COc1ccccc1C1=NO[C@H](CN(Cc2ccccc2Cl)C(=O)c2ccccc2F)C1. The molecule has 0 spiro atoms. The third-order valence-electron chi connectivity index (χ3n) is 5.29. The Bertz CT molecular complexity index is 1150. The van der Waals surface area contributed by atoms with Crippen LogP contribution in [0.3, 0.4) is 0 Å². The summed E-state index contributed by atoms with van der Waals surface area (Å²) in [7, 11) is 1.60. The number of ether oxygens (including phenoxy) is 1. The van der Waals surface area contributed by atoms with Crippen molar-refractivity contribution >= 4 is 23.2 Å². The highest BCUT2D eigenvalue weighted by Gasteiger charge is 2.29. The van der Waals surface area contributed by atoms with Gasteiger partial charge in [0.15, 0.2) is 6.10 Å². The van der Waals surface area contributed by atoms with E-state index in [1.54, 1.807) is 30.2 Å². The van der Waals surface area contributed by atoms with E-state index in [0.29, 0.717) is 17.2 Å². The molecule has 1 amide bonds. The Labute approximate surface area is 191 Å². The number of hydrogen-bond acceptors (Lipinski definition) is 4. The number of nitrogens with zero attached hydrogens (tertiary/aromatic N) is 2. The van der Waals surface area contributed by atoms with E-state index >= 15 is 0 Å². The number of benzene rings is 3. The van der Waals surface area contributed by atoms with E-state index in [1.165, 1.54) is 12.1 Å². The molecule has 3 aromatic carbocycles. The van der Waals surface area contributed by atoms with Gasteiger partial charge in [0, 0.05) is 23.6 Å². The summed E-state index contributed by atoms with van der Waals surface area (Å²) in [6, 6.07) is 20.8. The first kappa shape index (κ1) is 21.8. The van der Waals surface area contributed by atoms with Crippen LogP contribution < -0.4 is 4.74 Å². The van der Waals surface area contributed by atoms with Gasteiger partial charge in [-0.25, -0.2) is 4.39 Å². The third kappa shape index (κ3) is 4.75. The number of oxime groups is 1. The monoisotopic (exact) mass is 452 g/mol. The Kier molecular flexibility index (Phi) is 6.71. The fraction of sp³-hybridized carbons (Fsp3) is 0.200. The van der Waals surface area contributed by atoms with E-state index in [1.807, 2.05) is 42.5 Å². The van der Waals surface area contributed by atoms with Crippen molar-refractivity contribution in [2.24, 2.45) is 5.16 Å². The second-order valence-electron chi connectivity index (χ2n) is 7.43. The van der Waals surface area contributed by atoms with Gasteiger partial charge in [-0.15, -0.1) is 0 Å². The van der Waals surface area contributed by atoms with Crippen molar-refractivity contribution in [1.29, 1.82) is 0 Å². The highest BCUT2D eigenvalue weighted by molar-refractivity contribution is 6.31. The number of hydrogen-bond donors (Lipinski definition) is 0. The molecule has 0 aliphatic carbocycles. The fourth-order valence-corrected chi connectivity index (χ4v) is 3.87. The van der Waals surface area contributed by atoms with Crippen LogP contribution in [0.1, 0.15) is 27.9 Å². The predicted octanol–water partition coefficient (Wildman–Crippen LogP) is 5.32. The molecule has 32 heavy (non-hydrogen) atoms. The fourth-order valence-electron chi connectivity index (χ4n) is 3.67. The second-order valence-corrected chi connectivity index (χ2v) is 7.83. The van der Waals surface area contributed by atoms with Crippen molar-refractivity contribution in [2.45, 2.75) is 19.1 Å². The molecule has 0 saturated carbocycles. The minimum absolute atomic E-state index is 0.00317. The maximum absolute atomic E-state index is 14.4. The normalized spacial score (nSPS) is 15.1. The van der Waals surface area contributed by atoms with Crippen LogP contribution in [0, 0.1) is 5.82 Å². The Morgan fingerprint density at radius 1 is 1.12 bits per heavy atom. The summed E-state index contributed by atoms with van der Waals surface area (Å²) < 4.78 is 19.8. The number of carbonyl (C=O) groups is 1. The number of methoxy groups -OCH3 is 1. The van der Waals surface area contributed by atoms with Crippen molar-refractivity contribution in [3.63, 3.8) is 0 Å². The number of amides is 1. The van der Waals surface area contributed by atoms with Crippen LogP contribution in [0.25, 0.3) is 0 Å². The number of carbonyl (C=O) groups excluding carboxylic acids is 1. The van der Waals surface area contributed by atoms with Crippen LogP contribution in [-0.2, 0) is 11.4 Å². The minimum atomic E-state index is -0.569. The van der Waals surface area contributed by atoms with Gasteiger partial charge in [-0.2, -0.15) is 0 Å². The van der Waals surface area contributed by atoms with Gasteiger partial charge in [0.25, 0.3) is 5.91 Å². The van der Waals surface area contributed by atoms with Crippen LogP contribution >= 0.6 is 11.6 Å². The summed E-state index contributed by atoms with van der Waals surface area (Å²) >= 11 is 6.32. The zero-order valence-electron chi connectivity index (χ0n) is 17.5. The molecule has 164 valence electrons. The molecule has 1 heterocycles. The first-order valence-corrected chi connectivity index (χ1v) is 10.6. The minimum Gasteiger partial charge on any atom is -0.496 e. The Balaban J connectivity index is 1.55. The summed E-state index contributed by atoms with van der Waals surface area (Å²) in [5.74, 6) is -0.303. The van der Waals surface area contributed by atoms with Crippen LogP contribution in [-0.4, -0.2) is 36.3 Å². The van der Waals surface area contributed by atoms with Gasteiger partial charge >= 0.3 is 0 Å². The maximum Gasteiger partial charge on any atom is 0.257 e. The maximum atomic E-state index is 14.4. The highest BCUT2D eigenvalue weighted by atomic mass is 35.5. The number of rotatable bonds is 7. The summed E-state index contributed by atoms with van der Waals surface area (Å²) in [6.07, 6.45) is 0.109. The van der Waals surface area contributed by atoms with Gasteiger partial charge in [0.05, 0.1) is 24.9 Å². The lowest BCUT2D eigenvalue weighted by atomic mass is 10.0. The zero-order chi connectivity index (χ0) is 22.5. The van der Waals surface area contributed by atoms with E-state index in [9.17, 15) is 9.18 Å². The molecule has 0 aromatic heterocycles. The van der Waals surface area contributed by atoms with Gasteiger partial charge in [0.2, 0.25) is 0 Å². The molecule has 0 bridgehead atoms. The van der Waals surface area contributed by atoms with E-state index in [-0.39, 0.29) is 24.8 Å². The van der Waals surface area contributed by atoms with Crippen molar-refractivity contribution < 1.29 is 18.8 Å².